The number of hydrogen-bond acceptors (Lipinski definition) is 3. The molecule has 1 N–H and O–H groups in total. The van der Waals surface area contributed by atoms with Crippen molar-refractivity contribution < 1.29 is 0 Å². The average molecular weight is 337 g/mol. The van der Waals surface area contributed by atoms with Crippen molar-refractivity contribution in [3.05, 3.63) is 53.1 Å². The molecular formula is C16H17ClN2S2. The maximum atomic E-state index is 8.30. The lowest BCUT2D eigenvalue weighted by molar-refractivity contribution is 1.13. The molecular weight excluding hydrogens is 320 g/mol. The molecule has 0 amide bonds. The number of rotatable bonds is 4. The molecule has 0 radical (unpaired) electrons. The summed E-state index contributed by atoms with van der Waals surface area (Å²) in [5, 5.41) is 8.97. The summed E-state index contributed by atoms with van der Waals surface area (Å²) in [5.41, 5.74) is 1.92. The monoisotopic (exact) mass is 336 g/mol. The van der Waals surface area contributed by atoms with Gasteiger partial charge in [0.2, 0.25) is 0 Å². The Morgan fingerprint density at radius 3 is 2.76 bits per heavy atom. The summed E-state index contributed by atoms with van der Waals surface area (Å²) in [4.78, 5) is 3.91. The van der Waals surface area contributed by atoms with Crippen LogP contribution in [0.4, 0.5) is 5.69 Å². The molecule has 5 heteroatoms. The van der Waals surface area contributed by atoms with Crippen LogP contribution in [0.25, 0.3) is 0 Å². The van der Waals surface area contributed by atoms with Gasteiger partial charge < -0.3 is 4.90 Å². The molecule has 0 spiro atoms. The highest BCUT2D eigenvalue weighted by atomic mass is 35.5. The Morgan fingerprint density at radius 1 is 1.29 bits per heavy atom. The fourth-order valence-electron chi connectivity index (χ4n) is 1.97. The Bertz CT molecular complexity index is 658. The third-order valence-corrected chi connectivity index (χ3v) is 4.60. The molecule has 0 unspecified atom stereocenters. The third-order valence-electron chi connectivity index (χ3n) is 3.23. The largest absolute Gasteiger partial charge is 0.333 e. The first-order valence-corrected chi connectivity index (χ1v) is 8.49. The van der Waals surface area contributed by atoms with E-state index >= 15 is 0 Å². The van der Waals surface area contributed by atoms with E-state index in [2.05, 4.69) is 24.8 Å². The van der Waals surface area contributed by atoms with Crippen molar-refractivity contribution in [2.75, 3.05) is 18.2 Å². The number of anilines is 1. The molecule has 2 rings (SSSR count). The zero-order valence-corrected chi connectivity index (χ0v) is 14.4. The topological polar surface area (TPSA) is 27.1 Å². The minimum Gasteiger partial charge on any atom is -0.333 e. The van der Waals surface area contributed by atoms with E-state index in [-0.39, 0.29) is 0 Å². The van der Waals surface area contributed by atoms with Crippen LogP contribution in [-0.2, 0) is 6.42 Å². The fraction of sp³-hybridized carbons (Fsp3) is 0.188. The summed E-state index contributed by atoms with van der Waals surface area (Å²) in [7, 11) is 1.90. The van der Waals surface area contributed by atoms with E-state index in [4.69, 9.17) is 17.0 Å². The Hall–Kier alpha value is -1.10. The molecule has 0 aromatic heterocycles. The SMILES string of the molecule is CSc1cccc(N(C)C(=N)Cc2cc(S)ccc2Cl)c1. The van der Waals surface area contributed by atoms with Crippen LogP contribution in [0.15, 0.2) is 52.3 Å². The average Bonchev–Trinajstić information content (AvgIpc) is 2.50. The minimum atomic E-state index is 0.479. The Kier molecular flexibility index (Phi) is 5.62. The molecule has 0 fully saturated rings. The van der Waals surface area contributed by atoms with Crippen molar-refractivity contribution in [1.82, 2.24) is 0 Å². The molecule has 0 heterocycles. The summed E-state index contributed by atoms with van der Waals surface area (Å²) in [6.07, 6.45) is 2.52. The molecule has 21 heavy (non-hydrogen) atoms. The van der Waals surface area contributed by atoms with Crippen LogP contribution in [-0.4, -0.2) is 19.1 Å². The maximum absolute atomic E-state index is 8.30. The van der Waals surface area contributed by atoms with Gasteiger partial charge in [0.15, 0.2) is 0 Å². The van der Waals surface area contributed by atoms with Crippen LogP contribution in [0.2, 0.25) is 5.02 Å². The first kappa shape index (κ1) is 16.3. The first-order valence-electron chi connectivity index (χ1n) is 6.44. The van der Waals surface area contributed by atoms with E-state index in [1.54, 1.807) is 11.8 Å². The van der Waals surface area contributed by atoms with Crippen LogP contribution in [0, 0.1) is 5.41 Å². The second kappa shape index (κ2) is 7.25. The Labute approximate surface area is 140 Å². The van der Waals surface area contributed by atoms with Crippen LogP contribution in [0.1, 0.15) is 5.56 Å². The van der Waals surface area contributed by atoms with E-state index in [1.165, 1.54) is 4.90 Å². The molecule has 110 valence electrons. The normalized spacial score (nSPS) is 10.5. The van der Waals surface area contributed by atoms with Gasteiger partial charge in [-0.1, -0.05) is 17.7 Å². The molecule has 2 aromatic carbocycles. The highest BCUT2D eigenvalue weighted by Gasteiger charge is 2.11. The lowest BCUT2D eigenvalue weighted by Gasteiger charge is -2.21. The van der Waals surface area contributed by atoms with Crippen LogP contribution in [0.3, 0.4) is 0 Å². The molecule has 0 saturated carbocycles. The van der Waals surface area contributed by atoms with Crippen molar-refractivity contribution in [2.45, 2.75) is 16.2 Å². The molecule has 2 nitrogen and oxygen atoms in total. The summed E-state index contributed by atoms with van der Waals surface area (Å²) in [6, 6.07) is 13.7. The third kappa shape index (κ3) is 4.19. The molecule has 0 aliphatic heterocycles. The van der Waals surface area contributed by atoms with Crippen molar-refractivity contribution in [2.24, 2.45) is 0 Å². The number of nitrogens with zero attached hydrogens (tertiary/aromatic N) is 1. The van der Waals surface area contributed by atoms with Crippen LogP contribution >= 0.6 is 36.0 Å². The predicted molar refractivity (Wildman–Crippen MR) is 96.8 cm³/mol. The number of benzene rings is 2. The lowest BCUT2D eigenvalue weighted by atomic mass is 10.1. The van der Waals surface area contributed by atoms with Crippen molar-refractivity contribution in [1.29, 1.82) is 5.41 Å². The molecule has 0 atom stereocenters. The number of halogens is 1. The van der Waals surface area contributed by atoms with Crippen LogP contribution in [0.5, 0.6) is 0 Å². The fourth-order valence-corrected chi connectivity index (χ4v) is 2.84. The van der Waals surface area contributed by atoms with Gasteiger partial charge in [-0.15, -0.1) is 24.4 Å². The highest BCUT2D eigenvalue weighted by molar-refractivity contribution is 7.98. The summed E-state index contributed by atoms with van der Waals surface area (Å²) in [6.45, 7) is 0. The van der Waals surface area contributed by atoms with Gasteiger partial charge in [-0.2, -0.15) is 0 Å². The summed E-state index contributed by atoms with van der Waals surface area (Å²) >= 11 is 12.2. The lowest BCUT2D eigenvalue weighted by Crippen LogP contribution is -2.27. The number of thiol groups is 1. The summed E-state index contributed by atoms with van der Waals surface area (Å²) < 4.78 is 0. The maximum Gasteiger partial charge on any atom is 0.105 e. The van der Waals surface area contributed by atoms with E-state index in [9.17, 15) is 0 Å². The number of likely N-dealkylation sites (N-methyl/N-ethyl adjacent to an activating group) is 1. The second-order valence-electron chi connectivity index (χ2n) is 4.66. The Balaban J connectivity index is 2.17. The highest BCUT2D eigenvalue weighted by Crippen LogP contribution is 2.24. The van der Waals surface area contributed by atoms with E-state index in [0.717, 1.165) is 16.1 Å². The summed E-state index contributed by atoms with van der Waals surface area (Å²) in [5.74, 6) is 0.495. The van der Waals surface area contributed by atoms with Crippen molar-refractivity contribution >= 4 is 47.5 Å². The number of hydrogen-bond donors (Lipinski definition) is 2. The quantitative estimate of drug-likeness (QED) is 0.355. The standard InChI is InChI=1S/C16H17ClN2S2/c1-19(12-4-3-5-14(10-12)21-2)16(18)9-11-8-13(20)6-7-15(11)17/h3-8,10,18,20H,9H2,1-2H3. The first-order chi connectivity index (χ1) is 10.0. The second-order valence-corrected chi connectivity index (χ2v) is 6.46. The van der Waals surface area contributed by atoms with Crippen molar-refractivity contribution in [3.63, 3.8) is 0 Å². The molecule has 0 aliphatic rings. The van der Waals surface area contributed by atoms with Gasteiger partial charge in [0, 0.05) is 34.0 Å². The van der Waals surface area contributed by atoms with Crippen molar-refractivity contribution in [3.8, 4) is 0 Å². The zero-order chi connectivity index (χ0) is 15.4. The molecule has 0 bridgehead atoms. The van der Waals surface area contributed by atoms with Gasteiger partial charge in [0.25, 0.3) is 0 Å². The molecule has 0 saturated heterocycles. The van der Waals surface area contributed by atoms with E-state index in [1.807, 2.05) is 48.5 Å². The predicted octanol–water partition coefficient (Wildman–Crippen LogP) is 5.01. The number of nitrogens with one attached hydrogen (secondary N) is 1. The zero-order valence-electron chi connectivity index (χ0n) is 11.9. The van der Waals surface area contributed by atoms with Gasteiger partial charge >= 0.3 is 0 Å². The minimum absolute atomic E-state index is 0.479. The Morgan fingerprint density at radius 2 is 2.05 bits per heavy atom. The number of thioether (sulfide) groups is 1. The smallest absolute Gasteiger partial charge is 0.105 e. The van der Waals surface area contributed by atoms with E-state index < -0.39 is 0 Å². The van der Waals surface area contributed by atoms with E-state index in [0.29, 0.717) is 17.3 Å². The van der Waals surface area contributed by atoms with Gasteiger partial charge in [-0.3, -0.25) is 5.41 Å². The van der Waals surface area contributed by atoms with Gasteiger partial charge in [0.05, 0.1) is 0 Å². The number of amidine groups is 1. The molecule has 0 aliphatic carbocycles. The molecule has 2 aromatic rings. The van der Waals surface area contributed by atoms with Gasteiger partial charge in [-0.25, -0.2) is 0 Å². The van der Waals surface area contributed by atoms with Gasteiger partial charge in [-0.05, 0) is 48.2 Å². The van der Waals surface area contributed by atoms with Gasteiger partial charge in [0.1, 0.15) is 5.84 Å². The van der Waals surface area contributed by atoms with Crippen LogP contribution < -0.4 is 4.90 Å².